The quantitative estimate of drug-likeness (QED) is 0.599. The molecule has 0 saturated heterocycles. The molecule has 1 aromatic rings. The average Bonchev–Trinajstić information content (AvgIpc) is 2.18. The number of hydrogen-bond acceptors (Lipinski definition) is 4. The lowest BCUT2D eigenvalue weighted by Gasteiger charge is -2.00. The van der Waals surface area contributed by atoms with Gasteiger partial charge in [0.1, 0.15) is 6.07 Å². The molecule has 1 rings (SSSR count). The lowest BCUT2D eigenvalue weighted by atomic mass is 10.2. The van der Waals surface area contributed by atoms with Crippen LogP contribution in [0.3, 0.4) is 0 Å². The molecule has 0 atom stereocenters. The highest BCUT2D eigenvalue weighted by atomic mass is 16.1. The summed E-state index contributed by atoms with van der Waals surface area (Å²) in [7, 11) is 0. The Bertz CT molecular complexity index is 443. The highest BCUT2D eigenvalue weighted by Gasteiger charge is 2.03. The van der Waals surface area contributed by atoms with Gasteiger partial charge in [-0.05, 0) is 24.6 Å². The predicted molar refractivity (Wildman–Crippen MR) is 58.5 cm³/mol. The molecule has 0 aliphatic heterocycles. The van der Waals surface area contributed by atoms with Crippen LogP contribution in [0.1, 0.15) is 12.5 Å². The zero-order chi connectivity index (χ0) is 11.3. The van der Waals surface area contributed by atoms with E-state index in [1.807, 2.05) is 31.2 Å². The Morgan fingerprint density at radius 1 is 1.53 bits per heavy atom. The number of anilines is 1. The van der Waals surface area contributed by atoms with Gasteiger partial charge in [0, 0.05) is 6.92 Å². The zero-order valence-electron chi connectivity index (χ0n) is 8.61. The summed E-state index contributed by atoms with van der Waals surface area (Å²) < 4.78 is 0. The monoisotopic (exact) mass is 201 g/mol. The van der Waals surface area contributed by atoms with Gasteiger partial charge in [-0.1, -0.05) is 12.1 Å². The fourth-order valence-corrected chi connectivity index (χ4v) is 1.02. The molecule has 0 aromatic heterocycles. The molecular weight excluding hydrogens is 190 g/mol. The van der Waals surface area contributed by atoms with Gasteiger partial charge in [-0.25, -0.2) is 0 Å². The van der Waals surface area contributed by atoms with E-state index in [0.717, 1.165) is 11.3 Å². The van der Waals surface area contributed by atoms with E-state index in [0.29, 0.717) is 0 Å². The van der Waals surface area contributed by atoms with Crippen LogP contribution < -0.4 is 5.43 Å². The first-order valence-electron chi connectivity index (χ1n) is 4.45. The molecule has 0 fully saturated rings. The van der Waals surface area contributed by atoms with Crippen molar-refractivity contribution in [2.45, 2.75) is 13.8 Å². The van der Waals surface area contributed by atoms with E-state index in [2.05, 4.69) is 10.5 Å². The maximum atomic E-state index is 10.9. The molecule has 0 bridgehead atoms. The van der Waals surface area contributed by atoms with E-state index < -0.39 is 0 Å². The molecule has 0 heterocycles. The largest absolute Gasteiger partial charge is 0.292 e. The van der Waals surface area contributed by atoms with Crippen LogP contribution >= 0.6 is 0 Å². The van der Waals surface area contributed by atoms with Crippen molar-refractivity contribution in [3.63, 3.8) is 0 Å². The molecular formula is C11H11N3O. The molecule has 4 heteroatoms. The third-order valence-corrected chi connectivity index (χ3v) is 1.75. The second-order valence-corrected chi connectivity index (χ2v) is 3.11. The molecule has 0 unspecified atom stereocenters. The van der Waals surface area contributed by atoms with Crippen LogP contribution in [-0.2, 0) is 4.79 Å². The van der Waals surface area contributed by atoms with E-state index >= 15 is 0 Å². The van der Waals surface area contributed by atoms with Gasteiger partial charge >= 0.3 is 0 Å². The van der Waals surface area contributed by atoms with Crippen LogP contribution in [0.4, 0.5) is 5.69 Å². The van der Waals surface area contributed by atoms with E-state index in [-0.39, 0.29) is 11.5 Å². The van der Waals surface area contributed by atoms with Gasteiger partial charge in [0.25, 0.3) is 0 Å². The first-order valence-corrected chi connectivity index (χ1v) is 4.45. The lowest BCUT2D eigenvalue weighted by Crippen LogP contribution is -2.09. The van der Waals surface area contributed by atoms with Gasteiger partial charge in [0.2, 0.25) is 5.71 Å². The number of aryl methyl sites for hydroxylation is 1. The molecule has 0 radical (unpaired) electrons. The number of carbonyl (C=O) groups is 1. The van der Waals surface area contributed by atoms with Gasteiger partial charge in [-0.3, -0.25) is 10.2 Å². The summed E-state index contributed by atoms with van der Waals surface area (Å²) in [6.07, 6.45) is 0. The summed E-state index contributed by atoms with van der Waals surface area (Å²) >= 11 is 0. The Morgan fingerprint density at radius 2 is 2.27 bits per heavy atom. The summed E-state index contributed by atoms with van der Waals surface area (Å²) in [6, 6.07) is 9.23. The van der Waals surface area contributed by atoms with Crippen LogP contribution in [0, 0.1) is 18.3 Å². The van der Waals surface area contributed by atoms with Crippen molar-refractivity contribution in [2.24, 2.45) is 5.10 Å². The molecule has 0 saturated carbocycles. The number of ketones is 1. The maximum Gasteiger partial charge on any atom is 0.203 e. The number of hydrazone groups is 1. The van der Waals surface area contributed by atoms with E-state index in [1.165, 1.54) is 6.92 Å². The Morgan fingerprint density at radius 3 is 2.80 bits per heavy atom. The van der Waals surface area contributed by atoms with Crippen molar-refractivity contribution in [2.75, 3.05) is 5.43 Å². The van der Waals surface area contributed by atoms with E-state index in [4.69, 9.17) is 5.26 Å². The summed E-state index contributed by atoms with van der Waals surface area (Å²) in [4.78, 5) is 10.9. The molecule has 0 aliphatic carbocycles. The average molecular weight is 201 g/mol. The van der Waals surface area contributed by atoms with Crippen molar-refractivity contribution in [1.29, 1.82) is 5.26 Å². The second kappa shape index (κ2) is 4.91. The minimum absolute atomic E-state index is 0.128. The normalized spacial score (nSPS) is 10.6. The predicted octanol–water partition coefficient (Wildman–Crippen LogP) is 1.88. The molecule has 0 aliphatic rings. The highest BCUT2D eigenvalue weighted by molar-refractivity contribution is 6.45. The summed E-state index contributed by atoms with van der Waals surface area (Å²) in [5.41, 5.74) is 4.37. The topological polar surface area (TPSA) is 65.2 Å². The third-order valence-electron chi connectivity index (χ3n) is 1.75. The van der Waals surface area contributed by atoms with Crippen molar-refractivity contribution in [3.8, 4) is 6.07 Å². The maximum absolute atomic E-state index is 10.9. The minimum atomic E-state index is -0.349. The van der Waals surface area contributed by atoms with Gasteiger partial charge in [0.05, 0.1) is 5.69 Å². The summed E-state index contributed by atoms with van der Waals surface area (Å²) in [5, 5.41) is 12.3. The minimum Gasteiger partial charge on any atom is -0.292 e. The number of nitriles is 1. The van der Waals surface area contributed by atoms with Crippen LogP contribution in [0.2, 0.25) is 0 Å². The molecule has 0 amide bonds. The Hall–Kier alpha value is -2.15. The number of benzene rings is 1. The van der Waals surface area contributed by atoms with Gasteiger partial charge in [-0.15, -0.1) is 0 Å². The standard InChI is InChI=1S/C11H11N3O/c1-8-4-3-5-10(6-8)13-14-11(7-12)9(2)15/h3-6,13H,1-2H3. The second-order valence-electron chi connectivity index (χ2n) is 3.11. The van der Waals surface area contributed by atoms with Gasteiger partial charge in [0.15, 0.2) is 5.78 Å². The van der Waals surface area contributed by atoms with Crippen molar-refractivity contribution in [1.82, 2.24) is 0 Å². The van der Waals surface area contributed by atoms with Crippen LogP contribution in [0.15, 0.2) is 29.4 Å². The number of nitrogens with one attached hydrogen (secondary N) is 1. The smallest absolute Gasteiger partial charge is 0.203 e. The Labute approximate surface area is 88.2 Å². The van der Waals surface area contributed by atoms with Crippen molar-refractivity contribution >= 4 is 17.2 Å². The first kappa shape index (κ1) is 10.9. The highest BCUT2D eigenvalue weighted by Crippen LogP contribution is 2.09. The van der Waals surface area contributed by atoms with Crippen LogP contribution in [-0.4, -0.2) is 11.5 Å². The number of Topliss-reactive ketones (excluding diaryl/α,β-unsaturated/α-hetero) is 1. The lowest BCUT2D eigenvalue weighted by molar-refractivity contribution is -0.110. The summed E-state index contributed by atoms with van der Waals surface area (Å²) in [5.74, 6) is -0.349. The van der Waals surface area contributed by atoms with Crippen molar-refractivity contribution in [3.05, 3.63) is 29.8 Å². The molecule has 4 nitrogen and oxygen atoms in total. The SMILES string of the molecule is CC(=O)C(C#N)=NNc1cccc(C)c1. The number of rotatable bonds is 3. The Balaban J connectivity index is 2.80. The molecule has 1 N–H and O–H groups in total. The fourth-order valence-electron chi connectivity index (χ4n) is 1.02. The molecule has 1 aromatic carbocycles. The van der Waals surface area contributed by atoms with Gasteiger partial charge < -0.3 is 0 Å². The zero-order valence-corrected chi connectivity index (χ0v) is 8.61. The number of carbonyl (C=O) groups excluding carboxylic acids is 1. The number of hydrogen-bond donors (Lipinski definition) is 1. The van der Waals surface area contributed by atoms with Crippen molar-refractivity contribution < 1.29 is 4.79 Å². The summed E-state index contributed by atoms with van der Waals surface area (Å²) in [6.45, 7) is 3.26. The fraction of sp³-hybridized carbons (Fsp3) is 0.182. The Kier molecular flexibility index (Phi) is 3.58. The first-order chi connectivity index (χ1) is 7.13. The molecule has 15 heavy (non-hydrogen) atoms. The molecule has 76 valence electrons. The molecule has 0 spiro atoms. The number of nitrogens with zero attached hydrogens (tertiary/aromatic N) is 2. The van der Waals surface area contributed by atoms with Gasteiger partial charge in [-0.2, -0.15) is 10.4 Å². The van der Waals surface area contributed by atoms with Crippen LogP contribution in [0.5, 0.6) is 0 Å². The van der Waals surface area contributed by atoms with E-state index in [9.17, 15) is 4.79 Å². The van der Waals surface area contributed by atoms with E-state index in [1.54, 1.807) is 6.07 Å². The third kappa shape index (κ3) is 3.24. The van der Waals surface area contributed by atoms with Crippen LogP contribution in [0.25, 0.3) is 0 Å².